The SMILES string of the molecule is CCOc1nc2ccc(Cl)cc2c(-c2ccccc2)c1C(C)=O. The molecule has 0 atom stereocenters. The zero-order valence-corrected chi connectivity index (χ0v) is 13.7. The summed E-state index contributed by atoms with van der Waals surface area (Å²) in [5, 5.41) is 1.45. The Hall–Kier alpha value is -2.39. The minimum Gasteiger partial charge on any atom is -0.477 e. The Morgan fingerprint density at radius 1 is 1.17 bits per heavy atom. The zero-order valence-electron chi connectivity index (χ0n) is 13.0. The van der Waals surface area contributed by atoms with Crippen LogP contribution in [0.25, 0.3) is 22.0 Å². The van der Waals surface area contributed by atoms with Gasteiger partial charge in [0.25, 0.3) is 0 Å². The number of ketones is 1. The van der Waals surface area contributed by atoms with Gasteiger partial charge in [-0.15, -0.1) is 0 Å². The van der Waals surface area contributed by atoms with E-state index in [-0.39, 0.29) is 5.78 Å². The topological polar surface area (TPSA) is 39.2 Å². The van der Waals surface area contributed by atoms with E-state index in [2.05, 4.69) is 4.98 Å². The molecule has 0 saturated carbocycles. The molecule has 0 aliphatic carbocycles. The molecule has 2 aromatic carbocycles. The van der Waals surface area contributed by atoms with Crippen LogP contribution in [-0.2, 0) is 0 Å². The minimum absolute atomic E-state index is 0.0818. The minimum atomic E-state index is -0.0818. The van der Waals surface area contributed by atoms with Gasteiger partial charge < -0.3 is 4.74 Å². The molecule has 0 radical (unpaired) electrons. The molecule has 3 rings (SSSR count). The standard InChI is InChI=1S/C19H16ClNO2/c1-3-23-19-17(12(2)22)18(13-7-5-4-6-8-13)15-11-14(20)9-10-16(15)21-19/h4-11H,3H2,1-2H3. The van der Waals surface area contributed by atoms with Crippen molar-refractivity contribution in [3.63, 3.8) is 0 Å². The third-order valence-electron chi connectivity index (χ3n) is 3.61. The number of nitrogens with zero attached hydrogens (tertiary/aromatic N) is 1. The Kier molecular flexibility index (Phi) is 4.30. The molecule has 0 aliphatic rings. The number of fused-ring (bicyclic) bond motifs is 1. The summed E-state index contributed by atoms with van der Waals surface area (Å²) in [7, 11) is 0. The summed E-state index contributed by atoms with van der Waals surface area (Å²) in [6.45, 7) is 3.85. The molecule has 0 N–H and O–H groups in total. The lowest BCUT2D eigenvalue weighted by Gasteiger charge is -2.15. The summed E-state index contributed by atoms with van der Waals surface area (Å²) in [5.41, 5.74) is 3.00. The molecule has 0 spiro atoms. The van der Waals surface area contributed by atoms with Crippen molar-refractivity contribution in [3.05, 3.63) is 59.1 Å². The Morgan fingerprint density at radius 2 is 1.91 bits per heavy atom. The first-order valence-electron chi connectivity index (χ1n) is 7.44. The lowest BCUT2D eigenvalue weighted by atomic mass is 9.94. The van der Waals surface area contributed by atoms with Gasteiger partial charge in [-0.2, -0.15) is 0 Å². The van der Waals surface area contributed by atoms with E-state index in [1.54, 1.807) is 6.07 Å². The maximum absolute atomic E-state index is 12.3. The van der Waals surface area contributed by atoms with Crippen LogP contribution in [0.2, 0.25) is 5.02 Å². The number of aromatic nitrogens is 1. The van der Waals surface area contributed by atoms with E-state index in [0.29, 0.717) is 23.1 Å². The fourth-order valence-electron chi connectivity index (χ4n) is 2.69. The van der Waals surface area contributed by atoms with Crippen LogP contribution in [0, 0.1) is 0 Å². The normalized spacial score (nSPS) is 10.7. The zero-order chi connectivity index (χ0) is 16.4. The van der Waals surface area contributed by atoms with Crippen molar-refractivity contribution in [1.29, 1.82) is 0 Å². The molecular weight excluding hydrogens is 310 g/mol. The summed E-state index contributed by atoms with van der Waals surface area (Å²) in [6, 6.07) is 15.2. The molecule has 3 nitrogen and oxygen atoms in total. The fraction of sp³-hybridized carbons (Fsp3) is 0.158. The van der Waals surface area contributed by atoms with E-state index in [9.17, 15) is 4.79 Å². The first-order valence-corrected chi connectivity index (χ1v) is 7.82. The van der Waals surface area contributed by atoms with Gasteiger partial charge in [0.15, 0.2) is 5.78 Å². The number of Topliss-reactive ketones (excluding diaryl/α,β-unsaturated/α-hetero) is 1. The van der Waals surface area contributed by atoms with Crippen molar-refractivity contribution in [2.45, 2.75) is 13.8 Å². The van der Waals surface area contributed by atoms with Crippen molar-refractivity contribution >= 4 is 28.3 Å². The first-order chi connectivity index (χ1) is 11.1. The van der Waals surface area contributed by atoms with Gasteiger partial charge in [-0.25, -0.2) is 4.98 Å². The molecule has 0 amide bonds. The summed E-state index contributed by atoms with van der Waals surface area (Å²) in [6.07, 6.45) is 0. The van der Waals surface area contributed by atoms with Gasteiger partial charge in [-0.1, -0.05) is 41.9 Å². The molecule has 0 unspecified atom stereocenters. The van der Waals surface area contributed by atoms with Gasteiger partial charge in [0.05, 0.1) is 17.7 Å². The third-order valence-corrected chi connectivity index (χ3v) is 3.84. The quantitative estimate of drug-likeness (QED) is 0.622. The van der Waals surface area contributed by atoms with Crippen molar-refractivity contribution in [2.24, 2.45) is 0 Å². The number of hydrogen-bond donors (Lipinski definition) is 0. The predicted molar refractivity (Wildman–Crippen MR) is 93.4 cm³/mol. The van der Waals surface area contributed by atoms with Crippen molar-refractivity contribution in [2.75, 3.05) is 6.61 Å². The average molecular weight is 326 g/mol. The number of benzene rings is 2. The van der Waals surface area contributed by atoms with Crippen LogP contribution < -0.4 is 4.74 Å². The molecule has 116 valence electrons. The Balaban J connectivity index is 2.46. The van der Waals surface area contributed by atoms with Crippen LogP contribution in [0.3, 0.4) is 0 Å². The second-order valence-electron chi connectivity index (χ2n) is 5.18. The number of carbonyl (C=O) groups excluding carboxylic acids is 1. The van der Waals surface area contributed by atoms with Gasteiger partial charge in [0.2, 0.25) is 5.88 Å². The molecule has 3 aromatic rings. The Morgan fingerprint density at radius 3 is 2.57 bits per heavy atom. The Labute approximate surface area is 139 Å². The van der Waals surface area contributed by atoms with Crippen LogP contribution in [0.5, 0.6) is 5.88 Å². The van der Waals surface area contributed by atoms with Gasteiger partial charge in [0.1, 0.15) is 0 Å². The smallest absolute Gasteiger partial charge is 0.225 e. The number of hydrogen-bond acceptors (Lipinski definition) is 3. The molecular formula is C19H16ClNO2. The van der Waals surface area contributed by atoms with E-state index in [4.69, 9.17) is 16.3 Å². The van der Waals surface area contributed by atoms with Crippen LogP contribution >= 0.6 is 11.6 Å². The highest BCUT2D eigenvalue weighted by Crippen LogP contribution is 2.37. The number of pyridine rings is 1. The van der Waals surface area contributed by atoms with E-state index in [1.165, 1.54) is 6.92 Å². The summed E-state index contributed by atoms with van der Waals surface area (Å²) < 4.78 is 5.63. The summed E-state index contributed by atoms with van der Waals surface area (Å²) in [5.74, 6) is 0.287. The van der Waals surface area contributed by atoms with Gasteiger partial charge in [-0.3, -0.25) is 4.79 Å². The van der Waals surface area contributed by atoms with Crippen molar-refractivity contribution < 1.29 is 9.53 Å². The highest BCUT2D eigenvalue weighted by Gasteiger charge is 2.21. The highest BCUT2D eigenvalue weighted by molar-refractivity contribution is 6.31. The molecule has 0 aliphatic heterocycles. The van der Waals surface area contributed by atoms with E-state index >= 15 is 0 Å². The third kappa shape index (κ3) is 2.92. The molecule has 23 heavy (non-hydrogen) atoms. The highest BCUT2D eigenvalue weighted by atomic mass is 35.5. The molecule has 0 fully saturated rings. The summed E-state index contributed by atoms with van der Waals surface area (Å²) in [4.78, 5) is 16.8. The second kappa shape index (κ2) is 6.39. The second-order valence-corrected chi connectivity index (χ2v) is 5.62. The van der Waals surface area contributed by atoms with Gasteiger partial charge in [0, 0.05) is 16.0 Å². The molecule has 1 aromatic heterocycles. The molecule has 1 heterocycles. The lowest BCUT2D eigenvalue weighted by molar-refractivity contribution is 0.101. The average Bonchev–Trinajstić information content (AvgIpc) is 2.55. The number of carbonyl (C=O) groups is 1. The lowest BCUT2D eigenvalue weighted by Crippen LogP contribution is -2.06. The molecule has 4 heteroatoms. The van der Waals surface area contributed by atoms with Crippen LogP contribution in [0.4, 0.5) is 0 Å². The van der Waals surface area contributed by atoms with E-state index < -0.39 is 0 Å². The van der Waals surface area contributed by atoms with Crippen LogP contribution in [-0.4, -0.2) is 17.4 Å². The van der Waals surface area contributed by atoms with Gasteiger partial charge in [-0.05, 0) is 37.6 Å². The van der Waals surface area contributed by atoms with E-state index in [0.717, 1.165) is 22.0 Å². The molecule has 0 saturated heterocycles. The largest absolute Gasteiger partial charge is 0.477 e. The van der Waals surface area contributed by atoms with Crippen molar-refractivity contribution in [1.82, 2.24) is 4.98 Å². The predicted octanol–water partition coefficient (Wildman–Crippen LogP) is 5.16. The monoisotopic (exact) mass is 325 g/mol. The Bertz CT molecular complexity index is 875. The van der Waals surface area contributed by atoms with E-state index in [1.807, 2.05) is 49.4 Å². The number of ether oxygens (including phenoxy) is 1. The number of rotatable bonds is 4. The van der Waals surface area contributed by atoms with Gasteiger partial charge >= 0.3 is 0 Å². The maximum atomic E-state index is 12.3. The van der Waals surface area contributed by atoms with Crippen LogP contribution in [0.15, 0.2) is 48.5 Å². The van der Waals surface area contributed by atoms with Crippen LogP contribution in [0.1, 0.15) is 24.2 Å². The summed E-state index contributed by atoms with van der Waals surface area (Å²) >= 11 is 6.17. The first kappa shape index (κ1) is 15.5. The molecule has 0 bridgehead atoms. The fourth-order valence-corrected chi connectivity index (χ4v) is 2.86. The van der Waals surface area contributed by atoms with Crippen molar-refractivity contribution in [3.8, 4) is 17.0 Å². The number of halogens is 1. The maximum Gasteiger partial charge on any atom is 0.225 e.